The lowest BCUT2D eigenvalue weighted by Gasteiger charge is -2.20. The molecule has 1 saturated heterocycles. The van der Waals surface area contributed by atoms with E-state index in [1.807, 2.05) is 30.3 Å². The fourth-order valence-electron chi connectivity index (χ4n) is 3.77. The Kier molecular flexibility index (Phi) is 5.45. The van der Waals surface area contributed by atoms with E-state index in [4.69, 9.17) is 34.8 Å². The number of halogens is 3. The van der Waals surface area contributed by atoms with Gasteiger partial charge in [-0.15, -0.1) is 0 Å². The number of pyridine rings is 1. The highest BCUT2D eigenvalue weighted by molar-refractivity contribution is 7.91. The van der Waals surface area contributed by atoms with Gasteiger partial charge in [0, 0.05) is 35.4 Å². The number of sulfone groups is 1. The molecule has 0 unspecified atom stereocenters. The van der Waals surface area contributed by atoms with Crippen molar-refractivity contribution in [3.63, 3.8) is 0 Å². The van der Waals surface area contributed by atoms with Gasteiger partial charge in [-0.25, -0.2) is 8.42 Å². The summed E-state index contributed by atoms with van der Waals surface area (Å²) in [7, 11) is -3.63. The zero-order chi connectivity index (χ0) is 19.9. The smallest absolute Gasteiger partial charge is 0.181 e. The fraction of sp³-hybridized carbons (Fsp3) is 0.250. The molecule has 1 fully saturated rings. The summed E-state index contributed by atoms with van der Waals surface area (Å²) < 4.78 is 25.9. The molecule has 28 heavy (non-hydrogen) atoms. The van der Waals surface area contributed by atoms with Gasteiger partial charge in [0.2, 0.25) is 0 Å². The van der Waals surface area contributed by atoms with Crippen molar-refractivity contribution in [1.29, 1.82) is 0 Å². The van der Waals surface area contributed by atoms with Crippen molar-refractivity contribution in [2.75, 3.05) is 23.7 Å². The first kappa shape index (κ1) is 19.8. The summed E-state index contributed by atoms with van der Waals surface area (Å²) >= 11 is 18.2. The molecule has 0 saturated carbocycles. The number of rotatable bonds is 4. The number of fused-ring (bicyclic) bond motifs is 1. The standard InChI is InChI=1S/C20H17Cl3N2O2S/c21-14-9-16(22)20(17(23)10-14)28(26,27)12-13-6-8-25(11-13)19-5-1-4-18-15(19)3-2-7-24-18/h1-5,7,9-10,13H,6,8,11-12H2/t13-/m0/s1. The molecule has 1 aliphatic heterocycles. The maximum Gasteiger partial charge on any atom is 0.181 e. The Morgan fingerprint density at radius 1 is 1.07 bits per heavy atom. The van der Waals surface area contributed by atoms with Gasteiger partial charge in [-0.1, -0.05) is 40.9 Å². The third-order valence-electron chi connectivity index (χ3n) is 4.98. The number of aromatic nitrogens is 1. The predicted octanol–water partition coefficient (Wildman–Crippen LogP) is 5.50. The van der Waals surface area contributed by atoms with Crippen molar-refractivity contribution < 1.29 is 8.42 Å². The molecule has 2 heterocycles. The predicted molar refractivity (Wildman–Crippen MR) is 116 cm³/mol. The van der Waals surface area contributed by atoms with Gasteiger partial charge >= 0.3 is 0 Å². The van der Waals surface area contributed by atoms with Gasteiger partial charge in [0.1, 0.15) is 4.90 Å². The van der Waals surface area contributed by atoms with E-state index in [1.54, 1.807) is 6.20 Å². The first-order valence-corrected chi connectivity index (χ1v) is 11.6. The van der Waals surface area contributed by atoms with E-state index in [0.29, 0.717) is 11.6 Å². The average molecular weight is 456 g/mol. The summed E-state index contributed by atoms with van der Waals surface area (Å²) in [6, 6.07) is 12.8. The zero-order valence-electron chi connectivity index (χ0n) is 14.8. The van der Waals surface area contributed by atoms with Crippen LogP contribution in [0, 0.1) is 5.92 Å². The second-order valence-corrected chi connectivity index (χ2v) is 10.1. The van der Waals surface area contributed by atoms with Crippen molar-refractivity contribution in [2.45, 2.75) is 11.3 Å². The Bertz CT molecular complexity index is 1120. The molecule has 4 nitrogen and oxygen atoms in total. The van der Waals surface area contributed by atoms with Gasteiger partial charge in [0.05, 0.1) is 21.3 Å². The van der Waals surface area contributed by atoms with Crippen LogP contribution in [0.1, 0.15) is 6.42 Å². The molecule has 0 spiro atoms. The minimum Gasteiger partial charge on any atom is -0.371 e. The molecule has 1 atom stereocenters. The van der Waals surface area contributed by atoms with Crippen LogP contribution < -0.4 is 4.90 Å². The lowest BCUT2D eigenvalue weighted by molar-refractivity contribution is 0.572. The lowest BCUT2D eigenvalue weighted by atomic mass is 10.1. The van der Waals surface area contributed by atoms with E-state index in [9.17, 15) is 8.42 Å². The Morgan fingerprint density at radius 2 is 1.82 bits per heavy atom. The van der Waals surface area contributed by atoms with Crippen molar-refractivity contribution in [2.24, 2.45) is 5.92 Å². The van der Waals surface area contributed by atoms with Crippen molar-refractivity contribution in [3.05, 3.63) is 63.7 Å². The second kappa shape index (κ2) is 7.71. The summed E-state index contributed by atoms with van der Waals surface area (Å²) in [4.78, 5) is 6.58. The van der Waals surface area contributed by atoms with E-state index in [0.717, 1.165) is 29.6 Å². The molecule has 0 bridgehead atoms. The lowest BCUT2D eigenvalue weighted by Crippen LogP contribution is -2.23. The van der Waals surface area contributed by atoms with Crippen LogP contribution in [0.25, 0.3) is 10.9 Å². The Morgan fingerprint density at radius 3 is 2.57 bits per heavy atom. The minimum absolute atomic E-state index is 0.00636. The Hall–Kier alpha value is -1.53. The average Bonchev–Trinajstić information content (AvgIpc) is 3.07. The molecular formula is C20H17Cl3N2O2S. The third-order valence-corrected chi connectivity index (χ3v) is 7.99. The highest BCUT2D eigenvalue weighted by Gasteiger charge is 2.31. The molecule has 2 aromatic carbocycles. The van der Waals surface area contributed by atoms with E-state index < -0.39 is 9.84 Å². The van der Waals surface area contributed by atoms with Crippen LogP contribution in [0.15, 0.2) is 53.6 Å². The van der Waals surface area contributed by atoms with Gasteiger partial charge in [-0.05, 0) is 48.7 Å². The molecule has 4 rings (SSSR count). The van der Waals surface area contributed by atoms with E-state index in [2.05, 4.69) is 9.88 Å². The summed E-state index contributed by atoms with van der Waals surface area (Å²) in [5, 5.41) is 1.50. The minimum atomic E-state index is -3.63. The summed E-state index contributed by atoms with van der Waals surface area (Å²) in [5.74, 6) is -0.0205. The molecule has 1 aliphatic rings. The highest BCUT2D eigenvalue weighted by atomic mass is 35.5. The van der Waals surface area contributed by atoms with Crippen molar-refractivity contribution in [3.8, 4) is 0 Å². The molecule has 0 radical (unpaired) electrons. The molecule has 146 valence electrons. The molecule has 0 N–H and O–H groups in total. The van der Waals surface area contributed by atoms with Gasteiger partial charge in [0.15, 0.2) is 9.84 Å². The summed E-state index contributed by atoms with van der Waals surface area (Å²) in [5.41, 5.74) is 2.00. The van der Waals surface area contributed by atoms with Crippen LogP contribution in [0.3, 0.4) is 0 Å². The van der Waals surface area contributed by atoms with E-state index in [1.165, 1.54) is 12.1 Å². The molecule has 0 aliphatic carbocycles. The highest BCUT2D eigenvalue weighted by Crippen LogP contribution is 2.36. The van der Waals surface area contributed by atoms with E-state index in [-0.39, 0.29) is 26.6 Å². The number of anilines is 1. The van der Waals surface area contributed by atoms with Crippen LogP contribution in [0.5, 0.6) is 0 Å². The molecule has 3 aromatic rings. The van der Waals surface area contributed by atoms with Crippen molar-refractivity contribution in [1.82, 2.24) is 4.98 Å². The number of hydrogen-bond donors (Lipinski definition) is 0. The molecular weight excluding hydrogens is 439 g/mol. The fourth-order valence-corrected chi connectivity index (χ4v) is 7.06. The van der Waals surface area contributed by atoms with Crippen LogP contribution in [0.2, 0.25) is 15.1 Å². The first-order valence-electron chi connectivity index (χ1n) is 8.81. The number of benzene rings is 2. The Balaban J connectivity index is 1.57. The SMILES string of the molecule is O=S(=O)(C[C@H]1CCN(c2cccc3ncccc23)C1)c1c(Cl)cc(Cl)cc1Cl. The zero-order valence-corrected chi connectivity index (χ0v) is 17.9. The van der Waals surface area contributed by atoms with Crippen molar-refractivity contribution >= 4 is 61.2 Å². The van der Waals surface area contributed by atoms with Gasteiger partial charge in [-0.2, -0.15) is 0 Å². The van der Waals surface area contributed by atoms with Gasteiger partial charge < -0.3 is 4.90 Å². The number of hydrogen-bond acceptors (Lipinski definition) is 4. The normalized spacial score (nSPS) is 17.4. The summed E-state index contributed by atoms with van der Waals surface area (Å²) in [6.45, 7) is 1.44. The molecule has 0 amide bonds. The van der Waals surface area contributed by atoms with Gasteiger partial charge in [0.25, 0.3) is 0 Å². The maximum absolute atomic E-state index is 13.0. The molecule has 8 heteroatoms. The Labute approximate surface area is 179 Å². The van der Waals surface area contributed by atoms with Crippen LogP contribution in [0.4, 0.5) is 5.69 Å². The van der Waals surface area contributed by atoms with Gasteiger partial charge in [-0.3, -0.25) is 4.98 Å². The molecule has 1 aromatic heterocycles. The van der Waals surface area contributed by atoms with E-state index >= 15 is 0 Å². The van der Waals surface area contributed by atoms with Crippen LogP contribution >= 0.6 is 34.8 Å². The second-order valence-electron chi connectivity index (χ2n) is 6.93. The summed E-state index contributed by atoms with van der Waals surface area (Å²) in [6.07, 6.45) is 2.55. The number of nitrogens with zero attached hydrogens (tertiary/aromatic N) is 2. The largest absolute Gasteiger partial charge is 0.371 e. The quantitative estimate of drug-likeness (QED) is 0.521. The third kappa shape index (κ3) is 3.81. The van der Waals surface area contributed by atoms with Crippen LogP contribution in [-0.4, -0.2) is 32.2 Å². The first-order chi connectivity index (χ1) is 13.3. The topological polar surface area (TPSA) is 50.3 Å². The van der Waals surface area contributed by atoms with Crippen LogP contribution in [-0.2, 0) is 9.84 Å². The monoisotopic (exact) mass is 454 g/mol. The maximum atomic E-state index is 13.0.